The van der Waals surface area contributed by atoms with Gasteiger partial charge in [-0.2, -0.15) is 5.26 Å². The molecule has 4 nitrogen and oxygen atoms in total. The highest BCUT2D eigenvalue weighted by molar-refractivity contribution is 14.1. The van der Waals surface area contributed by atoms with E-state index in [1.54, 1.807) is 6.07 Å². The first kappa shape index (κ1) is 11.6. The third-order valence-corrected chi connectivity index (χ3v) is 3.85. The predicted molar refractivity (Wildman–Crippen MR) is 70.1 cm³/mol. The molecule has 0 fully saturated rings. The molecule has 70 valence electrons. The molecule has 1 aromatic rings. The molecular formula is C8H4I2N4. The van der Waals surface area contributed by atoms with Crippen molar-refractivity contribution in [3.05, 3.63) is 34.8 Å². The summed E-state index contributed by atoms with van der Waals surface area (Å²) in [7, 11) is 0. The average molecular weight is 410 g/mol. The molecule has 0 spiro atoms. The van der Waals surface area contributed by atoms with Crippen molar-refractivity contribution in [2.75, 3.05) is 0 Å². The van der Waals surface area contributed by atoms with Gasteiger partial charge in [0, 0.05) is 12.1 Å². The number of azide groups is 1. The first-order valence-corrected chi connectivity index (χ1v) is 5.71. The Bertz CT molecular complexity index is 469. The Kier molecular flexibility index (Phi) is 3.97. The van der Waals surface area contributed by atoms with Crippen LogP contribution in [0.3, 0.4) is 0 Å². The maximum atomic E-state index is 8.83. The Labute approximate surface area is 108 Å². The van der Waals surface area contributed by atoms with Gasteiger partial charge in [0.2, 0.25) is 0 Å². The van der Waals surface area contributed by atoms with Crippen molar-refractivity contribution in [2.24, 2.45) is 5.11 Å². The molecule has 0 bridgehead atoms. The predicted octanol–water partition coefficient (Wildman–Crippen LogP) is 4.02. The quantitative estimate of drug-likeness (QED) is 0.299. The van der Waals surface area contributed by atoms with Gasteiger partial charge in [-0.05, 0) is 69.3 Å². The molecule has 1 rings (SSSR count). The third kappa shape index (κ3) is 2.10. The van der Waals surface area contributed by atoms with E-state index in [0.29, 0.717) is 11.3 Å². The SMILES string of the molecule is Cc1c(C#N)cc(I)c(N=[N+]=[N-])c1I. The van der Waals surface area contributed by atoms with Gasteiger partial charge in [-0.1, -0.05) is 5.11 Å². The van der Waals surface area contributed by atoms with Crippen molar-refractivity contribution < 1.29 is 0 Å². The number of hydrogen-bond donors (Lipinski definition) is 0. The van der Waals surface area contributed by atoms with Gasteiger partial charge in [0.15, 0.2) is 0 Å². The van der Waals surface area contributed by atoms with E-state index in [1.807, 2.05) is 6.92 Å². The van der Waals surface area contributed by atoms with Crippen molar-refractivity contribution in [3.8, 4) is 6.07 Å². The van der Waals surface area contributed by atoms with E-state index in [9.17, 15) is 0 Å². The number of rotatable bonds is 1. The molecule has 0 aliphatic heterocycles. The number of hydrogen-bond acceptors (Lipinski definition) is 2. The van der Waals surface area contributed by atoms with Gasteiger partial charge >= 0.3 is 0 Å². The van der Waals surface area contributed by atoms with Crippen LogP contribution in [0.25, 0.3) is 10.4 Å². The highest BCUT2D eigenvalue weighted by atomic mass is 127. The van der Waals surface area contributed by atoms with Gasteiger partial charge in [0.25, 0.3) is 0 Å². The van der Waals surface area contributed by atoms with Gasteiger partial charge in [0.05, 0.1) is 17.3 Å². The molecule has 0 N–H and O–H groups in total. The molecule has 0 atom stereocenters. The molecule has 14 heavy (non-hydrogen) atoms. The van der Waals surface area contributed by atoms with Crippen LogP contribution in [0.15, 0.2) is 11.2 Å². The fraction of sp³-hybridized carbons (Fsp3) is 0.125. The molecule has 6 heteroatoms. The van der Waals surface area contributed by atoms with Crippen LogP contribution in [0.4, 0.5) is 5.69 Å². The van der Waals surface area contributed by atoms with Crippen molar-refractivity contribution in [3.63, 3.8) is 0 Å². The lowest BCUT2D eigenvalue weighted by atomic mass is 10.1. The van der Waals surface area contributed by atoms with Crippen LogP contribution in [0.2, 0.25) is 0 Å². The molecule has 1 aromatic carbocycles. The summed E-state index contributed by atoms with van der Waals surface area (Å²) < 4.78 is 1.64. The number of nitrogens with zero attached hydrogens (tertiary/aromatic N) is 4. The Morgan fingerprint density at radius 1 is 1.57 bits per heavy atom. The van der Waals surface area contributed by atoms with Crippen LogP contribution in [0.1, 0.15) is 11.1 Å². The summed E-state index contributed by atoms with van der Waals surface area (Å²) in [5.41, 5.74) is 10.5. The Morgan fingerprint density at radius 3 is 2.71 bits per heavy atom. The highest BCUT2D eigenvalue weighted by Gasteiger charge is 2.10. The second-order valence-electron chi connectivity index (χ2n) is 2.49. The van der Waals surface area contributed by atoms with E-state index >= 15 is 0 Å². The van der Waals surface area contributed by atoms with Crippen molar-refractivity contribution in [1.29, 1.82) is 5.26 Å². The number of benzene rings is 1. The summed E-state index contributed by atoms with van der Waals surface area (Å²) >= 11 is 4.14. The summed E-state index contributed by atoms with van der Waals surface area (Å²) in [4.78, 5) is 2.76. The second-order valence-corrected chi connectivity index (χ2v) is 4.74. The molecule has 0 saturated heterocycles. The zero-order valence-electron chi connectivity index (χ0n) is 7.12. The maximum absolute atomic E-state index is 8.83. The topological polar surface area (TPSA) is 72.5 Å². The normalized spacial score (nSPS) is 9.00. The summed E-state index contributed by atoms with van der Waals surface area (Å²) in [5.74, 6) is 0. The van der Waals surface area contributed by atoms with Crippen LogP contribution >= 0.6 is 45.2 Å². The van der Waals surface area contributed by atoms with E-state index in [-0.39, 0.29) is 0 Å². The first-order valence-electron chi connectivity index (χ1n) is 3.55. The smallest absolute Gasteiger partial charge is 0.0995 e. The lowest BCUT2D eigenvalue weighted by Gasteiger charge is -2.06. The molecule has 0 amide bonds. The molecule has 0 aliphatic rings. The molecule has 0 heterocycles. The standard InChI is InChI=1S/C8H4I2N4/c1-4-5(3-11)2-6(9)8(7(4)10)13-14-12/h2H,1H3. The van der Waals surface area contributed by atoms with Crippen molar-refractivity contribution in [2.45, 2.75) is 6.92 Å². The van der Waals surface area contributed by atoms with Gasteiger partial charge in [0.1, 0.15) is 0 Å². The van der Waals surface area contributed by atoms with Crippen molar-refractivity contribution in [1.82, 2.24) is 0 Å². The van der Waals surface area contributed by atoms with E-state index in [2.05, 4.69) is 61.3 Å². The fourth-order valence-electron chi connectivity index (χ4n) is 0.957. The minimum atomic E-state index is 0.602. The van der Waals surface area contributed by atoms with Gasteiger partial charge in [-0.3, -0.25) is 0 Å². The van der Waals surface area contributed by atoms with Gasteiger partial charge < -0.3 is 0 Å². The van der Waals surface area contributed by atoms with E-state index in [1.165, 1.54) is 0 Å². The Morgan fingerprint density at radius 2 is 2.21 bits per heavy atom. The zero-order valence-corrected chi connectivity index (χ0v) is 11.4. The Hall–Kier alpha value is -0.520. The number of halogens is 2. The lowest BCUT2D eigenvalue weighted by Crippen LogP contribution is -1.90. The summed E-state index contributed by atoms with van der Waals surface area (Å²) in [6, 6.07) is 3.83. The molecular weight excluding hydrogens is 406 g/mol. The van der Waals surface area contributed by atoms with Crippen LogP contribution < -0.4 is 0 Å². The van der Waals surface area contributed by atoms with Crippen LogP contribution in [0, 0.1) is 25.4 Å². The summed E-state index contributed by atoms with van der Waals surface area (Å²) in [6.07, 6.45) is 0. The zero-order chi connectivity index (χ0) is 10.7. The highest BCUT2D eigenvalue weighted by Crippen LogP contribution is 2.32. The molecule has 0 radical (unpaired) electrons. The maximum Gasteiger partial charge on any atom is 0.0995 e. The first-order chi connectivity index (χ1) is 6.61. The van der Waals surface area contributed by atoms with E-state index < -0.39 is 0 Å². The molecule has 0 aliphatic carbocycles. The molecule has 0 unspecified atom stereocenters. The minimum absolute atomic E-state index is 0.602. The van der Waals surface area contributed by atoms with E-state index in [0.717, 1.165) is 12.7 Å². The minimum Gasteiger partial charge on any atom is -0.192 e. The Balaban J connectivity index is 3.58. The van der Waals surface area contributed by atoms with Crippen LogP contribution in [-0.4, -0.2) is 0 Å². The average Bonchev–Trinajstić information content (AvgIpc) is 2.18. The van der Waals surface area contributed by atoms with E-state index in [4.69, 9.17) is 10.8 Å². The van der Waals surface area contributed by atoms with Gasteiger partial charge in [-0.15, -0.1) is 0 Å². The lowest BCUT2D eigenvalue weighted by molar-refractivity contribution is 1.31. The summed E-state index contributed by atoms with van der Waals surface area (Å²) in [6.45, 7) is 1.84. The fourth-order valence-corrected chi connectivity index (χ4v) is 2.85. The molecule has 0 aromatic heterocycles. The van der Waals surface area contributed by atoms with Crippen molar-refractivity contribution >= 4 is 50.9 Å². The number of nitriles is 1. The van der Waals surface area contributed by atoms with Crippen LogP contribution in [0.5, 0.6) is 0 Å². The molecule has 0 saturated carbocycles. The van der Waals surface area contributed by atoms with Crippen LogP contribution in [-0.2, 0) is 0 Å². The third-order valence-electron chi connectivity index (χ3n) is 1.70. The second kappa shape index (κ2) is 4.82. The monoisotopic (exact) mass is 410 g/mol. The summed E-state index contributed by atoms with van der Waals surface area (Å²) in [5, 5.41) is 12.4. The largest absolute Gasteiger partial charge is 0.192 e. The van der Waals surface area contributed by atoms with Gasteiger partial charge in [-0.25, -0.2) is 0 Å².